The lowest BCUT2D eigenvalue weighted by Crippen LogP contribution is -2.58. The topological polar surface area (TPSA) is 205 Å². The third-order valence-electron chi connectivity index (χ3n) is 6.36. The Hall–Kier alpha value is -3.67. The summed E-state index contributed by atoms with van der Waals surface area (Å²) in [7, 11) is 0. The molecule has 1 fully saturated rings. The van der Waals surface area contributed by atoms with E-state index in [0.717, 1.165) is 5.56 Å². The second-order valence-electron chi connectivity index (χ2n) is 9.11. The Morgan fingerprint density at radius 1 is 1.14 bits per heavy atom. The maximum Gasteiger partial charge on any atom is 0.326 e. The molecule has 0 aromatic heterocycles. The minimum Gasteiger partial charge on any atom is -0.508 e. The first kappa shape index (κ1) is 28.6. The van der Waals surface area contributed by atoms with Crippen molar-refractivity contribution < 1.29 is 34.2 Å². The fraction of sp³-hybridized carbons (Fsp3) is 0.542. The predicted octanol–water partition coefficient (Wildman–Crippen LogP) is -0.771. The first-order valence-corrected chi connectivity index (χ1v) is 11.9. The van der Waals surface area contributed by atoms with E-state index in [4.69, 9.17) is 11.5 Å². The third kappa shape index (κ3) is 7.67. The number of amides is 4. The number of carboxylic acid groups (broad SMARTS) is 1. The highest BCUT2D eigenvalue weighted by Gasteiger charge is 2.38. The molecule has 2 rings (SSSR count). The molecular formula is C24H35N5O7. The van der Waals surface area contributed by atoms with Crippen molar-refractivity contribution in [3.63, 3.8) is 0 Å². The number of nitrogens with two attached hydrogens (primary N) is 2. The van der Waals surface area contributed by atoms with Crippen molar-refractivity contribution >= 4 is 29.6 Å². The van der Waals surface area contributed by atoms with E-state index < -0.39 is 66.1 Å². The van der Waals surface area contributed by atoms with E-state index in [1.807, 2.05) is 0 Å². The molecule has 1 aliphatic heterocycles. The lowest BCUT2D eigenvalue weighted by Gasteiger charge is -2.29. The molecular weight excluding hydrogens is 470 g/mol. The van der Waals surface area contributed by atoms with E-state index in [-0.39, 0.29) is 12.2 Å². The van der Waals surface area contributed by atoms with Crippen molar-refractivity contribution in [3.8, 4) is 5.75 Å². The second kappa shape index (κ2) is 12.9. The fourth-order valence-electron chi connectivity index (χ4n) is 4.10. The lowest BCUT2D eigenvalue weighted by atomic mass is 9.98. The Kier molecular flexibility index (Phi) is 10.2. The molecule has 0 spiro atoms. The van der Waals surface area contributed by atoms with Crippen molar-refractivity contribution in [2.75, 3.05) is 6.54 Å². The quantitative estimate of drug-likeness (QED) is 0.212. The largest absolute Gasteiger partial charge is 0.508 e. The lowest BCUT2D eigenvalue weighted by molar-refractivity contribution is -0.144. The van der Waals surface area contributed by atoms with Gasteiger partial charge < -0.3 is 37.2 Å². The highest BCUT2D eigenvalue weighted by atomic mass is 16.4. The van der Waals surface area contributed by atoms with E-state index in [1.54, 1.807) is 26.0 Å². The zero-order valence-corrected chi connectivity index (χ0v) is 20.5. The molecule has 0 aliphatic carbocycles. The summed E-state index contributed by atoms with van der Waals surface area (Å²) in [6, 6.07) is 1.82. The summed E-state index contributed by atoms with van der Waals surface area (Å²) >= 11 is 0. The minimum atomic E-state index is -1.40. The molecule has 1 heterocycles. The summed E-state index contributed by atoms with van der Waals surface area (Å²) in [4.78, 5) is 63.4. The van der Waals surface area contributed by atoms with E-state index in [1.165, 1.54) is 17.0 Å². The molecule has 0 bridgehead atoms. The van der Waals surface area contributed by atoms with Crippen molar-refractivity contribution in [2.45, 2.75) is 70.1 Å². The first-order chi connectivity index (χ1) is 16.9. The Labute approximate surface area is 209 Å². The van der Waals surface area contributed by atoms with E-state index in [9.17, 15) is 34.2 Å². The Balaban J connectivity index is 2.10. The maximum absolute atomic E-state index is 13.1. The number of likely N-dealkylation sites (tertiary alicyclic amines) is 1. The number of aromatic hydroxyl groups is 1. The van der Waals surface area contributed by atoms with Gasteiger partial charge in [0.25, 0.3) is 0 Å². The summed E-state index contributed by atoms with van der Waals surface area (Å²) in [5.41, 5.74) is 12.1. The van der Waals surface area contributed by atoms with Gasteiger partial charge in [-0.15, -0.1) is 0 Å². The summed E-state index contributed by atoms with van der Waals surface area (Å²) < 4.78 is 0. The number of carbonyl (C=O) groups excluding carboxylic acids is 4. The van der Waals surface area contributed by atoms with Crippen LogP contribution in [0.3, 0.4) is 0 Å². The Bertz CT molecular complexity index is 968. The van der Waals surface area contributed by atoms with Crippen LogP contribution in [0.1, 0.15) is 45.1 Å². The van der Waals surface area contributed by atoms with Crippen LogP contribution < -0.4 is 22.1 Å². The molecule has 4 amide bonds. The first-order valence-electron chi connectivity index (χ1n) is 11.9. The molecule has 198 valence electrons. The third-order valence-corrected chi connectivity index (χ3v) is 6.36. The molecule has 12 nitrogen and oxygen atoms in total. The number of phenols is 1. The van der Waals surface area contributed by atoms with E-state index >= 15 is 0 Å². The molecule has 1 aliphatic rings. The van der Waals surface area contributed by atoms with Crippen LogP contribution in [-0.2, 0) is 30.4 Å². The summed E-state index contributed by atoms with van der Waals surface area (Å²) in [6.45, 7) is 3.72. The van der Waals surface area contributed by atoms with Gasteiger partial charge in [-0.3, -0.25) is 19.2 Å². The monoisotopic (exact) mass is 505 g/mol. The second-order valence-corrected chi connectivity index (χ2v) is 9.11. The molecule has 12 heteroatoms. The van der Waals surface area contributed by atoms with Crippen LogP contribution in [0.25, 0.3) is 0 Å². The van der Waals surface area contributed by atoms with Crippen LogP contribution in [0, 0.1) is 5.92 Å². The smallest absolute Gasteiger partial charge is 0.326 e. The van der Waals surface area contributed by atoms with Crippen LogP contribution in [0.4, 0.5) is 0 Å². The van der Waals surface area contributed by atoms with Gasteiger partial charge >= 0.3 is 5.97 Å². The number of carbonyl (C=O) groups is 5. The summed E-state index contributed by atoms with van der Waals surface area (Å²) in [5, 5.41) is 23.7. The predicted molar refractivity (Wildman–Crippen MR) is 129 cm³/mol. The number of carboxylic acids is 1. The Morgan fingerprint density at radius 3 is 2.33 bits per heavy atom. The number of nitrogens with zero attached hydrogens (tertiary/aromatic N) is 1. The van der Waals surface area contributed by atoms with Crippen LogP contribution in [-0.4, -0.2) is 75.4 Å². The normalized spacial score (nSPS) is 18.5. The van der Waals surface area contributed by atoms with E-state index in [2.05, 4.69) is 10.6 Å². The number of benzene rings is 1. The number of primary amides is 1. The van der Waals surface area contributed by atoms with Gasteiger partial charge in [-0.1, -0.05) is 32.4 Å². The van der Waals surface area contributed by atoms with Crippen molar-refractivity contribution in [1.29, 1.82) is 0 Å². The van der Waals surface area contributed by atoms with Gasteiger partial charge in [-0.05, 0) is 42.9 Å². The van der Waals surface area contributed by atoms with Crippen molar-refractivity contribution in [2.24, 2.45) is 17.4 Å². The van der Waals surface area contributed by atoms with E-state index in [0.29, 0.717) is 25.8 Å². The van der Waals surface area contributed by atoms with Crippen LogP contribution >= 0.6 is 0 Å². The Morgan fingerprint density at radius 2 is 1.78 bits per heavy atom. The number of phenolic OH excluding ortho intramolecular Hbond substituents is 1. The minimum absolute atomic E-state index is 0.0864. The van der Waals surface area contributed by atoms with Crippen LogP contribution in [0.5, 0.6) is 5.75 Å². The van der Waals surface area contributed by atoms with Crippen molar-refractivity contribution in [3.05, 3.63) is 29.8 Å². The molecule has 1 saturated heterocycles. The molecule has 1 aromatic carbocycles. The molecule has 1 aromatic rings. The zero-order valence-electron chi connectivity index (χ0n) is 20.5. The van der Waals surface area contributed by atoms with Crippen LogP contribution in [0.15, 0.2) is 24.3 Å². The fourth-order valence-corrected chi connectivity index (χ4v) is 4.10. The highest BCUT2D eigenvalue weighted by molar-refractivity contribution is 5.96. The average molecular weight is 506 g/mol. The van der Waals surface area contributed by atoms with Gasteiger partial charge in [-0.25, -0.2) is 4.79 Å². The molecule has 36 heavy (non-hydrogen) atoms. The number of hydrogen-bond donors (Lipinski definition) is 6. The molecule has 0 radical (unpaired) electrons. The summed E-state index contributed by atoms with van der Waals surface area (Å²) in [6.07, 6.45) is 1.01. The molecule has 5 atom stereocenters. The summed E-state index contributed by atoms with van der Waals surface area (Å²) in [5.74, 6) is -4.36. The van der Waals surface area contributed by atoms with Gasteiger partial charge in [-0.2, -0.15) is 0 Å². The molecule has 0 saturated carbocycles. The standard InChI is InChI=1S/C24H35N5O7/c1-3-13(2)20(24(35)36)28-21(32)17(12-19(26)31)27-22(33)18-5-4-10-29(18)23(34)16(25)11-14-6-8-15(30)9-7-14/h6-9,13,16-18,20,30H,3-5,10-12,25H2,1-2H3,(H2,26,31)(H,27,33)(H,28,32)(H,35,36). The van der Waals surface area contributed by atoms with Gasteiger partial charge in [0.15, 0.2) is 0 Å². The SMILES string of the molecule is CCC(C)C(NC(=O)C(CC(N)=O)NC(=O)C1CCCN1C(=O)C(N)Cc1ccc(O)cc1)C(=O)O. The van der Waals surface area contributed by atoms with Gasteiger partial charge in [0.2, 0.25) is 23.6 Å². The maximum atomic E-state index is 13.1. The highest BCUT2D eigenvalue weighted by Crippen LogP contribution is 2.20. The van der Waals surface area contributed by atoms with Gasteiger partial charge in [0, 0.05) is 6.54 Å². The number of nitrogens with one attached hydrogen (secondary N) is 2. The molecule has 8 N–H and O–H groups in total. The number of hydrogen-bond acceptors (Lipinski definition) is 7. The number of rotatable bonds is 12. The molecule has 5 unspecified atom stereocenters. The van der Waals surface area contributed by atoms with Gasteiger partial charge in [0.05, 0.1) is 12.5 Å². The van der Waals surface area contributed by atoms with Gasteiger partial charge in [0.1, 0.15) is 23.9 Å². The van der Waals surface area contributed by atoms with Crippen molar-refractivity contribution in [1.82, 2.24) is 15.5 Å². The average Bonchev–Trinajstić information content (AvgIpc) is 3.32. The number of aliphatic carboxylic acids is 1. The van der Waals surface area contributed by atoms with Crippen LogP contribution in [0.2, 0.25) is 0 Å². The zero-order chi connectivity index (χ0) is 27.0.